The maximum Gasteiger partial charge on any atom is 0.334 e. The third-order valence-corrected chi connectivity index (χ3v) is 4.30. The molecule has 0 spiro atoms. The summed E-state index contributed by atoms with van der Waals surface area (Å²) >= 11 is 0. The molecule has 0 unspecified atom stereocenters. The molecule has 1 aliphatic heterocycles. The molecule has 2 rings (SSSR count). The van der Waals surface area contributed by atoms with Crippen LogP contribution in [0.15, 0.2) is 36.0 Å². The molecule has 1 N–H and O–H groups in total. The van der Waals surface area contributed by atoms with Gasteiger partial charge >= 0.3 is 11.9 Å². The largest absolute Gasteiger partial charge is 0.454 e. The molecular weight excluding hydrogens is 284 g/mol. The fourth-order valence-corrected chi connectivity index (χ4v) is 2.88. The van der Waals surface area contributed by atoms with E-state index in [1.807, 2.05) is 13.0 Å². The van der Waals surface area contributed by atoms with Gasteiger partial charge in [-0.25, -0.2) is 4.79 Å². The van der Waals surface area contributed by atoms with Gasteiger partial charge in [0.05, 0.1) is 6.10 Å². The number of carbonyl (C=O) groups is 2. The molecule has 5 heteroatoms. The lowest BCUT2D eigenvalue weighted by Crippen LogP contribution is -2.37. The van der Waals surface area contributed by atoms with Crippen LogP contribution in [0, 0.1) is 5.92 Å². The molecule has 2 aliphatic rings. The van der Waals surface area contributed by atoms with Crippen LogP contribution in [0.25, 0.3) is 0 Å². The zero-order valence-electron chi connectivity index (χ0n) is 13.0. The highest BCUT2D eigenvalue weighted by Gasteiger charge is 2.45. The Labute approximate surface area is 130 Å². The molecule has 1 saturated heterocycles. The number of aliphatic hydroxyl groups excluding tert-OH is 1. The summed E-state index contributed by atoms with van der Waals surface area (Å²) in [5, 5.41) is 10.1. The Hall–Kier alpha value is -1.88. The number of allylic oxidation sites excluding steroid dienone is 1. The Morgan fingerprint density at radius 1 is 1.45 bits per heavy atom. The van der Waals surface area contributed by atoms with Crippen molar-refractivity contribution in [1.29, 1.82) is 0 Å². The monoisotopic (exact) mass is 306 g/mol. The molecule has 4 atom stereocenters. The van der Waals surface area contributed by atoms with Crippen LogP contribution >= 0.6 is 0 Å². The van der Waals surface area contributed by atoms with E-state index in [1.165, 1.54) is 6.92 Å². The number of hydrogen-bond acceptors (Lipinski definition) is 5. The van der Waals surface area contributed by atoms with Crippen molar-refractivity contribution in [3.05, 3.63) is 36.0 Å². The molecule has 1 heterocycles. The van der Waals surface area contributed by atoms with E-state index in [1.54, 1.807) is 0 Å². The van der Waals surface area contributed by atoms with Crippen molar-refractivity contribution >= 4 is 11.9 Å². The predicted octanol–water partition coefficient (Wildman–Crippen LogP) is 2.06. The van der Waals surface area contributed by atoms with E-state index < -0.39 is 30.3 Å². The highest BCUT2D eigenvalue weighted by molar-refractivity contribution is 5.91. The van der Waals surface area contributed by atoms with Crippen molar-refractivity contribution in [2.75, 3.05) is 0 Å². The summed E-state index contributed by atoms with van der Waals surface area (Å²) in [5.74, 6) is -1.21. The van der Waals surface area contributed by atoms with Gasteiger partial charge in [0.2, 0.25) is 0 Å². The van der Waals surface area contributed by atoms with Gasteiger partial charge in [-0.15, -0.1) is 0 Å². The number of hydrogen-bond donors (Lipinski definition) is 1. The lowest BCUT2D eigenvalue weighted by atomic mass is 9.84. The third kappa shape index (κ3) is 3.30. The number of rotatable bonds is 1. The van der Waals surface area contributed by atoms with Crippen LogP contribution in [0.1, 0.15) is 33.1 Å². The predicted molar refractivity (Wildman–Crippen MR) is 80.8 cm³/mol. The topological polar surface area (TPSA) is 72.8 Å². The van der Waals surface area contributed by atoms with Gasteiger partial charge in [0.15, 0.2) is 12.2 Å². The number of fused-ring (bicyclic) bond motifs is 1. The summed E-state index contributed by atoms with van der Waals surface area (Å²) in [4.78, 5) is 23.2. The summed E-state index contributed by atoms with van der Waals surface area (Å²) < 4.78 is 10.7. The lowest BCUT2D eigenvalue weighted by Gasteiger charge is -2.29. The highest BCUT2D eigenvalue weighted by atomic mass is 16.6. The SMILES string of the molecule is C=C1CC[C@H](O)C(C)=CC[C@H]2C(=C)C(=O)O[C@@H]2[C@@H]1OC(C)=O. The Bertz CT molecular complexity index is 545. The Morgan fingerprint density at radius 3 is 2.77 bits per heavy atom. The number of esters is 2. The van der Waals surface area contributed by atoms with Gasteiger partial charge in [-0.2, -0.15) is 0 Å². The van der Waals surface area contributed by atoms with E-state index in [-0.39, 0.29) is 5.92 Å². The summed E-state index contributed by atoms with van der Waals surface area (Å²) in [6.45, 7) is 10.9. The molecule has 1 fully saturated rings. The van der Waals surface area contributed by atoms with Crippen molar-refractivity contribution in [2.45, 2.75) is 51.4 Å². The van der Waals surface area contributed by atoms with Crippen LogP contribution in [0.2, 0.25) is 0 Å². The van der Waals surface area contributed by atoms with Crippen molar-refractivity contribution in [1.82, 2.24) is 0 Å². The van der Waals surface area contributed by atoms with Crippen molar-refractivity contribution in [3.8, 4) is 0 Å². The van der Waals surface area contributed by atoms with Gasteiger partial charge < -0.3 is 14.6 Å². The van der Waals surface area contributed by atoms with Crippen LogP contribution in [0.4, 0.5) is 0 Å². The minimum Gasteiger partial charge on any atom is -0.454 e. The zero-order valence-corrected chi connectivity index (χ0v) is 13.0. The standard InChI is InChI=1S/C17H22O5/c1-9-5-7-13-11(3)17(20)22-16(13)15(21-12(4)18)10(2)6-8-14(9)19/h5,13-16,19H,2-3,6-8H2,1,4H3/t13-,14-,15+,16-/m0/s1. The van der Waals surface area contributed by atoms with E-state index in [0.717, 1.165) is 5.57 Å². The molecular formula is C17H22O5. The Kier molecular flexibility index (Phi) is 4.86. The molecule has 0 aromatic heterocycles. The fourth-order valence-electron chi connectivity index (χ4n) is 2.88. The molecule has 0 bridgehead atoms. The van der Waals surface area contributed by atoms with Gasteiger partial charge in [0.25, 0.3) is 0 Å². The second-order valence-corrected chi connectivity index (χ2v) is 5.93. The van der Waals surface area contributed by atoms with E-state index in [2.05, 4.69) is 13.2 Å². The molecule has 22 heavy (non-hydrogen) atoms. The van der Waals surface area contributed by atoms with Gasteiger partial charge in [-0.05, 0) is 37.3 Å². The average Bonchev–Trinajstić information content (AvgIpc) is 2.73. The van der Waals surface area contributed by atoms with Crippen LogP contribution in [-0.4, -0.2) is 35.4 Å². The maximum atomic E-state index is 11.9. The van der Waals surface area contributed by atoms with Crippen LogP contribution < -0.4 is 0 Å². The normalized spacial score (nSPS) is 32.9. The lowest BCUT2D eigenvalue weighted by molar-refractivity contribution is -0.157. The molecule has 0 amide bonds. The second kappa shape index (κ2) is 6.48. The second-order valence-electron chi connectivity index (χ2n) is 5.93. The van der Waals surface area contributed by atoms with Gasteiger partial charge in [0.1, 0.15) is 0 Å². The first-order chi connectivity index (χ1) is 10.3. The molecule has 0 aromatic carbocycles. The van der Waals surface area contributed by atoms with Crippen LogP contribution in [0.3, 0.4) is 0 Å². The summed E-state index contributed by atoms with van der Waals surface area (Å²) in [5.41, 5.74) is 1.86. The van der Waals surface area contributed by atoms with Gasteiger partial charge in [-0.3, -0.25) is 4.79 Å². The van der Waals surface area contributed by atoms with Gasteiger partial charge in [-0.1, -0.05) is 19.2 Å². The maximum absolute atomic E-state index is 11.9. The smallest absolute Gasteiger partial charge is 0.334 e. The Balaban J connectivity index is 2.37. The summed E-state index contributed by atoms with van der Waals surface area (Å²) in [6, 6.07) is 0. The molecule has 0 aromatic rings. The van der Waals surface area contributed by atoms with Crippen molar-refractivity contribution in [2.24, 2.45) is 5.92 Å². The van der Waals surface area contributed by atoms with E-state index in [9.17, 15) is 14.7 Å². The zero-order chi connectivity index (χ0) is 16.4. The summed E-state index contributed by atoms with van der Waals surface area (Å²) in [6.07, 6.45) is 1.50. The third-order valence-electron chi connectivity index (χ3n) is 4.30. The highest BCUT2D eigenvalue weighted by Crippen LogP contribution is 2.37. The number of carbonyl (C=O) groups excluding carboxylic acids is 2. The first-order valence-electron chi connectivity index (χ1n) is 7.40. The quantitative estimate of drug-likeness (QED) is 0.456. The van der Waals surface area contributed by atoms with E-state index in [0.29, 0.717) is 30.4 Å². The first-order valence-corrected chi connectivity index (χ1v) is 7.40. The van der Waals surface area contributed by atoms with Crippen molar-refractivity contribution in [3.63, 3.8) is 0 Å². The minimum atomic E-state index is -0.704. The molecule has 0 saturated carbocycles. The molecule has 0 radical (unpaired) electrons. The number of ether oxygens (including phenoxy) is 2. The fraction of sp³-hybridized carbons (Fsp3) is 0.529. The van der Waals surface area contributed by atoms with Gasteiger partial charge in [0, 0.05) is 18.4 Å². The van der Waals surface area contributed by atoms with Crippen LogP contribution in [0.5, 0.6) is 0 Å². The van der Waals surface area contributed by atoms with E-state index in [4.69, 9.17) is 9.47 Å². The summed E-state index contributed by atoms with van der Waals surface area (Å²) in [7, 11) is 0. The molecule has 120 valence electrons. The average molecular weight is 306 g/mol. The number of aliphatic hydroxyl groups is 1. The van der Waals surface area contributed by atoms with Crippen LogP contribution in [-0.2, 0) is 19.1 Å². The molecule has 1 aliphatic carbocycles. The minimum absolute atomic E-state index is 0.283. The molecule has 5 nitrogen and oxygen atoms in total. The van der Waals surface area contributed by atoms with Crippen molar-refractivity contribution < 1.29 is 24.2 Å². The first kappa shape index (κ1) is 16.5. The Morgan fingerprint density at radius 2 is 2.14 bits per heavy atom. The van der Waals surface area contributed by atoms with E-state index >= 15 is 0 Å².